The smallest absolute Gasteiger partial charge is 0.330 e. The van der Waals surface area contributed by atoms with Crippen molar-refractivity contribution in [3.05, 3.63) is 113 Å². The van der Waals surface area contributed by atoms with Crippen molar-refractivity contribution in [1.82, 2.24) is 19.6 Å². The monoisotopic (exact) mass is 1060 g/mol. The van der Waals surface area contributed by atoms with E-state index >= 15 is 0 Å². The molecule has 0 radical (unpaired) electrons. The lowest BCUT2D eigenvalue weighted by Gasteiger charge is -2.44. The fourth-order valence-corrected chi connectivity index (χ4v) is 7.82. The highest BCUT2D eigenvalue weighted by Crippen LogP contribution is 2.36. The molecule has 0 aromatic rings. The highest BCUT2D eigenvalue weighted by atomic mass is 16.6. The predicted octanol–water partition coefficient (Wildman–Crippen LogP) is 3.58. The summed E-state index contributed by atoms with van der Waals surface area (Å²) >= 11 is 0. The Morgan fingerprint density at radius 2 is 0.868 bits per heavy atom. The lowest BCUT2D eigenvalue weighted by Crippen LogP contribution is -2.56. The standard InChI is InChI=1S/C55H76N4O17/c1-10-43(21-20-26-58-31-33-59(34-32-58)28-23-51(67)76-42-54(38-72-47(63)14-5,39-73-48(64)15-6)40-74-49(65)16-7)52(68)55(24-18-17-19-25-55)57(9)30-29-56(8)27-22-50(66)75-41-53(35-69-44(60)11-2,36-70-45(61)12-3)37-71-46(62)13-4/h10-16,20-21,26H,1-7,17-19,22-25,27-42H2,8-9H3/b26-20+,43-21+. The van der Waals surface area contributed by atoms with Crippen molar-refractivity contribution < 1.29 is 81.0 Å². The SMILES string of the molecule is C=CC(=O)OCC(COC(=O)C=C)(COC(=O)C=C)COC(=O)CCN(C)CCN(C)C1(C(=O)/C(C=C)=C/C=C/N2CCN(CCC(=O)OCC(COC(=O)C=C)(COC(=O)C=C)COC(=O)C=C)CC2)CCCCC1. The van der Waals surface area contributed by atoms with Gasteiger partial charge in [0, 0.05) is 94.4 Å². The van der Waals surface area contributed by atoms with Crippen molar-refractivity contribution in [3.63, 3.8) is 0 Å². The van der Waals surface area contributed by atoms with E-state index in [1.165, 1.54) is 0 Å². The second-order valence-electron chi connectivity index (χ2n) is 18.4. The van der Waals surface area contributed by atoms with Crippen LogP contribution in [0.1, 0.15) is 44.9 Å². The number of piperazine rings is 1. The van der Waals surface area contributed by atoms with Gasteiger partial charge in [-0.15, -0.1) is 0 Å². The van der Waals surface area contributed by atoms with Gasteiger partial charge in [0.05, 0.1) is 18.4 Å². The number of esters is 8. The van der Waals surface area contributed by atoms with Crippen molar-refractivity contribution in [2.45, 2.75) is 50.5 Å². The van der Waals surface area contributed by atoms with Gasteiger partial charge in [-0.25, -0.2) is 28.8 Å². The molecule has 2 fully saturated rings. The Bertz CT molecular complexity index is 2030. The van der Waals surface area contributed by atoms with Gasteiger partial charge in [-0.2, -0.15) is 0 Å². The minimum absolute atomic E-state index is 0.0179. The second kappa shape index (κ2) is 34.4. The molecule has 0 N–H and O–H groups in total. The van der Waals surface area contributed by atoms with Gasteiger partial charge in [0.25, 0.3) is 0 Å². The average molecular weight is 1070 g/mol. The molecular weight excluding hydrogens is 989 g/mol. The Labute approximate surface area is 446 Å². The molecule has 76 heavy (non-hydrogen) atoms. The summed E-state index contributed by atoms with van der Waals surface area (Å²) in [6, 6.07) is 0. The molecular formula is C55H76N4O17. The van der Waals surface area contributed by atoms with Crippen LogP contribution in [0.5, 0.6) is 0 Å². The predicted molar refractivity (Wildman–Crippen MR) is 279 cm³/mol. The molecule has 21 nitrogen and oxygen atoms in total. The van der Waals surface area contributed by atoms with Gasteiger partial charge < -0.3 is 47.7 Å². The Hall–Kier alpha value is -7.23. The number of nitrogens with zero attached hydrogens (tertiary/aromatic N) is 4. The summed E-state index contributed by atoms with van der Waals surface area (Å²) in [7, 11) is 3.78. The van der Waals surface area contributed by atoms with Gasteiger partial charge in [-0.05, 0) is 45.3 Å². The third kappa shape index (κ3) is 23.1. The van der Waals surface area contributed by atoms with E-state index in [0.29, 0.717) is 70.8 Å². The van der Waals surface area contributed by atoms with E-state index in [2.05, 4.69) is 60.8 Å². The van der Waals surface area contributed by atoms with Crippen molar-refractivity contribution in [2.75, 3.05) is 119 Å². The second-order valence-corrected chi connectivity index (χ2v) is 18.4. The van der Waals surface area contributed by atoms with Crippen molar-refractivity contribution in [2.24, 2.45) is 10.8 Å². The van der Waals surface area contributed by atoms with Crippen molar-refractivity contribution >= 4 is 53.5 Å². The van der Waals surface area contributed by atoms with E-state index in [1.54, 1.807) is 12.2 Å². The number of likely N-dealkylation sites (N-methyl/N-ethyl adjacent to an activating group) is 2. The summed E-state index contributed by atoms with van der Waals surface area (Å²) < 4.78 is 42.3. The van der Waals surface area contributed by atoms with Crippen LogP contribution in [-0.4, -0.2) is 198 Å². The molecule has 1 heterocycles. The van der Waals surface area contributed by atoms with E-state index in [1.807, 2.05) is 31.3 Å². The highest BCUT2D eigenvalue weighted by Gasteiger charge is 2.44. The molecule has 0 bridgehead atoms. The average Bonchev–Trinajstić information content (AvgIpc) is 3.45. The number of carbonyl (C=O) groups is 9. The van der Waals surface area contributed by atoms with Crippen LogP contribution in [0, 0.1) is 10.8 Å². The molecule has 2 rings (SSSR count). The zero-order valence-corrected chi connectivity index (χ0v) is 44.2. The fraction of sp³-hybridized carbons (Fsp3) is 0.509. The molecule has 0 amide bonds. The molecule has 2 aliphatic rings. The molecule has 0 spiro atoms. The minimum atomic E-state index is -1.46. The maximum atomic E-state index is 14.5. The number of carbonyl (C=O) groups excluding carboxylic acids is 9. The first-order valence-electron chi connectivity index (χ1n) is 24.8. The van der Waals surface area contributed by atoms with Crippen LogP contribution >= 0.6 is 0 Å². The molecule has 1 aliphatic carbocycles. The molecule has 0 atom stereocenters. The molecule has 1 saturated heterocycles. The van der Waals surface area contributed by atoms with E-state index in [0.717, 1.165) is 55.7 Å². The fourth-order valence-electron chi connectivity index (χ4n) is 7.82. The lowest BCUT2D eigenvalue weighted by atomic mass is 9.75. The molecule has 0 aromatic heterocycles. The van der Waals surface area contributed by atoms with E-state index in [-0.39, 0.29) is 18.6 Å². The zero-order chi connectivity index (χ0) is 56.6. The van der Waals surface area contributed by atoms with Gasteiger partial charge in [-0.3, -0.25) is 24.2 Å². The normalized spacial score (nSPS) is 14.8. The Balaban J connectivity index is 2.01. The Morgan fingerprint density at radius 3 is 1.25 bits per heavy atom. The van der Waals surface area contributed by atoms with Gasteiger partial charge >= 0.3 is 47.8 Å². The topological polar surface area (TPSA) is 240 Å². The van der Waals surface area contributed by atoms with E-state index in [9.17, 15) is 43.2 Å². The molecule has 418 valence electrons. The first-order valence-corrected chi connectivity index (χ1v) is 24.8. The number of allylic oxidation sites excluding steroid dienone is 3. The largest absolute Gasteiger partial charge is 0.465 e. The number of ether oxygens (including phenoxy) is 8. The number of Topliss-reactive ketones (excluding diaryl/α,β-unsaturated/α-hetero) is 1. The van der Waals surface area contributed by atoms with Crippen LogP contribution in [0.25, 0.3) is 0 Å². The minimum Gasteiger partial charge on any atom is -0.465 e. The van der Waals surface area contributed by atoms with Crippen molar-refractivity contribution in [1.29, 1.82) is 0 Å². The summed E-state index contributed by atoms with van der Waals surface area (Å²) in [6.07, 6.45) is 16.8. The third-order valence-electron chi connectivity index (χ3n) is 12.6. The molecule has 21 heteroatoms. The summed E-state index contributed by atoms with van der Waals surface area (Å²) in [5.74, 6) is -5.97. The summed E-state index contributed by atoms with van der Waals surface area (Å²) in [6.45, 7) is 24.9. The van der Waals surface area contributed by atoms with Crippen LogP contribution in [0.2, 0.25) is 0 Å². The zero-order valence-electron chi connectivity index (χ0n) is 44.2. The van der Waals surface area contributed by atoms with Crippen LogP contribution < -0.4 is 0 Å². The van der Waals surface area contributed by atoms with Gasteiger partial charge in [0.15, 0.2) is 5.78 Å². The maximum absolute atomic E-state index is 14.5. The van der Waals surface area contributed by atoms with Gasteiger partial charge in [0.1, 0.15) is 63.7 Å². The first-order chi connectivity index (χ1) is 36.3. The number of hydrogen-bond donors (Lipinski definition) is 0. The number of ketones is 1. The van der Waals surface area contributed by atoms with Gasteiger partial charge in [-0.1, -0.05) is 71.4 Å². The lowest BCUT2D eigenvalue weighted by molar-refractivity contribution is -0.169. The summed E-state index contributed by atoms with van der Waals surface area (Å²) in [5, 5.41) is 0. The summed E-state index contributed by atoms with van der Waals surface area (Å²) in [4.78, 5) is 120. The van der Waals surface area contributed by atoms with Crippen LogP contribution in [0.3, 0.4) is 0 Å². The Morgan fingerprint density at radius 1 is 0.487 bits per heavy atom. The van der Waals surface area contributed by atoms with Gasteiger partial charge in [0.2, 0.25) is 0 Å². The first kappa shape index (κ1) is 64.9. The van der Waals surface area contributed by atoms with Crippen LogP contribution in [0.15, 0.2) is 113 Å². The molecule has 0 unspecified atom stereocenters. The quantitative estimate of drug-likeness (QED) is 0.0374. The van der Waals surface area contributed by atoms with Crippen LogP contribution in [0.4, 0.5) is 0 Å². The number of rotatable bonds is 37. The molecule has 1 saturated carbocycles. The van der Waals surface area contributed by atoms with Crippen molar-refractivity contribution in [3.8, 4) is 0 Å². The third-order valence-corrected chi connectivity index (χ3v) is 12.6. The number of hydrogen-bond acceptors (Lipinski definition) is 21. The molecule has 1 aliphatic heterocycles. The molecule has 0 aromatic carbocycles. The highest BCUT2D eigenvalue weighted by molar-refractivity contribution is 6.05. The van der Waals surface area contributed by atoms with Crippen LogP contribution in [-0.2, 0) is 81.0 Å². The Kier molecular flexibility index (Phi) is 29.3. The summed E-state index contributed by atoms with van der Waals surface area (Å²) in [5.41, 5.74) is -3.18. The van der Waals surface area contributed by atoms with E-state index < -0.39 is 117 Å². The van der Waals surface area contributed by atoms with E-state index in [4.69, 9.17) is 37.9 Å². The maximum Gasteiger partial charge on any atom is 0.330 e.